The number of benzene rings is 1. The lowest BCUT2D eigenvalue weighted by atomic mass is 10.0. The highest BCUT2D eigenvalue weighted by Crippen LogP contribution is 2.36. The molecule has 1 aromatic heterocycles. The molecule has 0 radical (unpaired) electrons. The Morgan fingerprint density at radius 2 is 1.81 bits per heavy atom. The third kappa shape index (κ3) is 4.77. The summed E-state index contributed by atoms with van der Waals surface area (Å²) in [5.74, 6) is 0.467. The number of amides is 1. The van der Waals surface area contributed by atoms with E-state index in [2.05, 4.69) is 4.90 Å². The normalized spacial score (nSPS) is 17.5. The van der Waals surface area contributed by atoms with Crippen molar-refractivity contribution in [3.8, 4) is 6.07 Å². The Morgan fingerprint density at radius 1 is 1.17 bits per heavy atom. The van der Waals surface area contributed by atoms with Gasteiger partial charge in [-0.25, -0.2) is 4.39 Å². The number of piperazine rings is 1. The SMILES string of the molecule is Cc1c(/C=C2\SC(=S)N(CC(C)C)C2=O)c(N2CCN(c3ccccc3F)CC2)n(C)c(=O)c1C#N. The van der Waals surface area contributed by atoms with Crippen LogP contribution in [-0.2, 0) is 11.8 Å². The molecule has 0 unspecified atom stereocenters. The zero-order valence-corrected chi connectivity index (χ0v) is 22.4. The van der Waals surface area contributed by atoms with Gasteiger partial charge in [0.1, 0.15) is 27.6 Å². The number of nitriles is 1. The van der Waals surface area contributed by atoms with E-state index in [9.17, 15) is 19.2 Å². The Bertz CT molecular complexity index is 1350. The third-order valence-electron chi connectivity index (χ3n) is 6.44. The minimum absolute atomic E-state index is 0.0511. The van der Waals surface area contributed by atoms with Crippen LogP contribution in [0.1, 0.15) is 30.5 Å². The van der Waals surface area contributed by atoms with Crippen LogP contribution in [0.15, 0.2) is 34.0 Å². The molecule has 1 amide bonds. The first-order valence-corrected chi connectivity index (χ1v) is 13.0. The van der Waals surface area contributed by atoms with E-state index >= 15 is 0 Å². The number of aromatic nitrogens is 1. The smallest absolute Gasteiger partial charge is 0.270 e. The molecule has 0 spiro atoms. The van der Waals surface area contributed by atoms with Crippen LogP contribution in [0.5, 0.6) is 0 Å². The fourth-order valence-electron chi connectivity index (χ4n) is 4.62. The maximum atomic E-state index is 14.3. The van der Waals surface area contributed by atoms with Gasteiger partial charge >= 0.3 is 0 Å². The maximum absolute atomic E-state index is 14.3. The van der Waals surface area contributed by atoms with E-state index in [0.717, 1.165) is 0 Å². The van der Waals surface area contributed by atoms with Gasteiger partial charge in [0.15, 0.2) is 0 Å². The molecule has 1 aromatic carbocycles. The van der Waals surface area contributed by atoms with E-state index in [-0.39, 0.29) is 28.8 Å². The van der Waals surface area contributed by atoms with Crippen molar-refractivity contribution in [3.63, 3.8) is 0 Å². The van der Waals surface area contributed by atoms with Gasteiger partial charge in [0.25, 0.3) is 11.5 Å². The van der Waals surface area contributed by atoms with Gasteiger partial charge in [0.2, 0.25) is 0 Å². The molecule has 0 aliphatic carbocycles. The molecule has 2 aromatic rings. The molecular formula is C26H28FN5O2S2. The Balaban J connectivity index is 1.73. The first kappa shape index (κ1) is 25.9. The summed E-state index contributed by atoms with van der Waals surface area (Å²) in [6.45, 7) is 8.52. The average molecular weight is 526 g/mol. The molecule has 4 rings (SSSR count). The molecular weight excluding hydrogens is 497 g/mol. The fourth-order valence-corrected chi connectivity index (χ4v) is 5.87. The predicted octanol–water partition coefficient (Wildman–Crippen LogP) is 3.89. The van der Waals surface area contributed by atoms with Crippen molar-refractivity contribution in [1.82, 2.24) is 9.47 Å². The summed E-state index contributed by atoms with van der Waals surface area (Å²) in [5, 5.41) is 9.69. The second-order valence-electron chi connectivity index (χ2n) is 9.32. The van der Waals surface area contributed by atoms with E-state index in [1.807, 2.05) is 30.9 Å². The van der Waals surface area contributed by atoms with Gasteiger partial charge in [-0.05, 0) is 36.6 Å². The fraction of sp³-hybridized carbons (Fsp3) is 0.385. The van der Waals surface area contributed by atoms with Gasteiger partial charge in [-0.2, -0.15) is 5.26 Å². The first-order valence-electron chi connectivity index (χ1n) is 11.8. The summed E-state index contributed by atoms with van der Waals surface area (Å²) in [6, 6.07) is 8.72. The summed E-state index contributed by atoms with van der Waals surface area (Å²) in [6.07, 6.45) is 1.76. The lowest BCUT2D eigenvalue weighted by molar-refractivity contribution is -0.122. The molecule has 0 bridgehead atoms. The second-order valence-corrected chi connectivity index (χ2v) is 11.0. The number of pyridine rings is 1. The number of para-hydroxylation sites is 1. The van der Waals surface area contributed by atoms with Crippen LogP contribution in [0.2, 0.25) is 0 Å². The number of carbonyl (C=O) groups is 1. The molecule has 36 heavy (non-hydrogen) atoms. The van der Waals surface area contributed by atoms with Crippen molar-refractivity contribution < 1.29 is 9.18 Å². The molecule has 3 heterocycles. The molecule has 10 heteroatoms. The monoisotopic (exact) mass is 525 g/mol. The number of anilines is 2. The van der Waals surface area contributed by atoms with Crippen LogP contribution in [0, 0.1) is 30.0 Å². The molecule has 0 N–H and O–H groups in total. The summed E-state index contributed by atoms with van der Waals surface area (Å²) in [7, 11) is 1.64. The lowest BCUT2D eigenvalue weighted by Gasteiger charge is -2.38. The minimum Gasteiger partial charge on any atom is -0.366 e. The number of rotatable bonds is 5. The van der Waals surface area contributed by atoms with Crippen LogP contribution < -0.4 is 15.4 Å². The topological polar surface area (TPSA) is 72.6 Å². The van der Waals surface area contributed by atoms with Crippen molar-refractivity contribution in [1.29, 1.82) is 5.26 Å². The zero-order valence-electron chi connectivity index (χ0n) is 20.7. The quantitative estimate of drug-likeness (QED) is 0.433. The van der Waals surface area contributed by atoms with Gasteiger partial charge in [0, 0.05) is 45.3 Å². The average Bonchev–Trinajstić information content (AvgIpc) is 3.10. The summed E-state index contributed by atoms with van der Waals surface area (Å²) in [5.41, 5.74) is 1.40. The molecule has 2 aliphatic rings. The van der Waals surface area contributed by atoms with Crippen LogP contribution in [-0.4, -0.2) is 52.4 Å². The Hall–Kier alpha value is -3.16. The molecule has 2 fully saturated rings. The summed E-state index contributed by atoms with van der Waals surface area (Å²) in [4.78, 5) is 32.3. The predicted molar refractivity (Wildman–Crippen MR) is 147 cm³/mol. The Morgan fingerprint density at radius 3 is 2.42 bits per heavy atom. The molecule has 2 saturated heterocycles. The van der Waals surface area contributed by atoms with Crippen molar-refractivity contribution >= 4 is 51.8 Å². The van der Waals surface area contributed by atoms with E-state index in [4.69, 9.17) is 12.2 Å². The van der Waals surface area contributed by atoms with Crippen molar-refractivity contribution in [2.24, 2.45) is 13.0 Å². The van der Waals surface area contributed by atoms with Gasteiger partial charge in [0.05, 0.1) is 10.6 Å². The second kappa shape index (κ2) is 10.4. The zero-order chi connectivity index (χ0) is 26.1. The first-order chi connectivity index (χ1) is 17.1. The van der Waals surface area contributed by atoms with Gasteiger partial charge in [-0.1, -0.05) is 50.0 Å². The van der Waals surface area contributed by atoms with E-state index in [1.54, 1.807) is 37.1 Å². The van der Waals surface area contributed by atoms with Gasteiger partial charge < -0.3 is 9.80 Å². The van der Waals surface area contributed by atoms with Crippen LogP contribution >= 0.6 is 24.0 Å². The molecule has 0 saturated carbocycles. The van der Waals surface area contributed by atoms with Crippen molar-refractivity contribution in [2.45, 2.75) is 20.8 Å². The third-order valence-corrected chi connectivity index (χ3v) is 7.81. The Labute approximate surface area is 219 Å². The number of halogens is 1. The van der Waals surface area contributed by atoms with E-state index in [1.165, 1.54) is 22.4 Å². The van der Waals surface area contributed by atoms with Crippen LogP contribution in [0.3, 0.4) is 0 Å². The highest BCUT2D eigenvalue weighted by atomic mass is 32.2. The number of thioether (sulfide) groups is 1. The molecule has 2 aliphatic heterocycles. The standard InChI is InChI=1S/C26H28FN5O2S2/c1-16(2)15-32-25(34)22(36-26(32)35)13-18-17(3)19(14-28)24(33)29(4)23(18)31-11-9-30(10-12-31)21-8-6-5-7-20(21)27/h5-8,13,16H,9-12,15H2,1-4H3/b22-13-. The van der Waals surface area contributed by atoms with E-state index < -0.39 is 0 Å². The minimum atomic E-state index is -0.383. The van der Waals surface area contributed by atoms with Crippen molar-refractivity contribution in [2.75, 3.05) is 42.5 Å². The maximum Gasteiger partial charge on any atom is 0.270 e. The van der Waals surface area contributed by atoms with Crippen LogP contribution in [0.25, 0.3) is 6.08 Å². The summed E-state index contributed by atoms with van der Waals surface area (Å²) < 4.78 is 16.3. The number of nitrogens with zero attached hydrogens (tertiary/aromatic N) is 5. The molecule has 0 atom stereocenters. The number of hydrogen-bond donors (Lipinski definition) is 0. The summed E-state index contributed by atoms with van der Waals surface area (Å²) >= 11 is 6.69. The number of thiocarbonyl (C=S) groups is 1. The number of hydrogen-bond acceptors (Lipinski definition) is 7. The van der Waals surface area contributed by atoms with E-state index in [0.29, 0.717) is 64.6 Å². The molecule has 7 nitrogen and oxygen atoms in total. The largest absolute Gasteiger partial charge is 0.366 e. The Kier molecular flexibility index (Phi) is 7.52. The highest BCUT2D eigenvalue weighted by molar-refractivity contribution is 8.26. The van der Waals surface area contributed by atoms with Crippen molar-refractivity contribution in [3.05, 3.63) is 62.0 Å². The highest BCUT2D eigenvalue weighted by Gasteiger charge is 2.33. The van der Waals surface area contributed by atoms with Crippen LogP contribution in [0.4, 0.5) is 15.9 Å². The van der Waals surface area contributed by atoms with Gasteiger partial charge in [-0.3, -0.25) is 19.1 Å². The lowest BCUT2D eigenvalue weighted by Crippen LogP contribution is -2.48. The molecule has 188 valence electrons. The number of carbonyl (C=O) groups excluding carboxylic acids is 1. The van der Waals surface area contributed by atoms with Gasteiger partial charge in [-0.15, -0.1) is 0 Å².